The number of carbonyl (C=O) groups excluding carboxylic acids is 1. The predicted molar refractivity (Wildman–Crippen MR) is 80.8 cm³/mol. The lowest BCUT2D eigenvalue weighted by atomic mass is 10.1. The summed E-state index contributed by atoms with van der Waals surface area (Å²) in [5.41, 5.74) is 2.54. The molecule has 0 saturated heterocycles. The van der Waals surface area contributed by atoms with Crippen molar-refractivity contribution >= 4 is 16.8 Å². The van der Waals surface area contributed by atoms with E-state index in [1.807, 2.05) is 13.0 Å². The molecule has 1 aromatic heterocycles. The van der Waals surface area contributed by atoms with Crippen LogP contribution in [0.5, 0.6) is 0 Å². The van der Waals surface area contributed by atoms with Gasteiger partial charge in [0.2, 0.25) is 5.91 Å². The van der Waals surface area contributed by atoms with Crippen molar-refractivity contribution in [2.24, 2.45) is 0 Å². The highest BCUT2D eigenvalue weighted by Gasteiger charge is 2.11. The monoisotopic (exact) mass is 292 g/mol. The third kappa shape index (κ3) is 3.82. The minimum atomic E-state index is -0.245. The highest BCUT2D eigenvalue weighted by molar-refractivity contribution is 5.85. The first-order valence-electron chi connectivity index (χ1n) is 7.14. The molecule has 1 amide bonds. The molecule has 4 nitrogen and oxygen atoms in total. The Hall–Kier alpha value is -1.88. The first-order chi connectivity index (χ1) is 10.1. The van der Waals surface area contributed by atoms with Crippen molar-refractivity contribution < 1.29 is 13.9 Å². The summed E-state index contributed by atoms with van der Waals surface area (Å²) in [5, 5.41) is 3.77. The molecule has 1 heterocycles. The van der Waals surface area contributed by atoms with E-state index in [1.165, 1.54) is 6.07 Å². The Morgan fingerprint density at radius 1 is 1.43 bits per heavy atom. The zero-order chi connectivity index (χ0) is 15.2. The lowest BCUT2D eigenvalue weighted by Gasteiger charge is -2.05. The smallest absolute Gasteiger partial charge is 0.220 e. The van der Waals surface area contributed by atoms with Crippen LogP contribution in [0.1, 0.15) is 24.1 Å². The number of amides is 1. The second kappa shape index (κ2) is 7.22. The number of aromatic amines is 1. The van der Waals surface area contributed by atoms with E-state index in [-0.39, 0.29) is 11.7 Å². The summed E-state index contributed by atoms with van der Waals surface area (Å²) in [5.74, 6) is -0.221. The van der Waals surface area contributed by atoms with Crippen molar-refractivity contribution in [2.45, 2.75) is 26.2 Å². The van der Waals surface area contributed by atoms with Crippen LogP contribution in [0.2, 0.25) is 0 Å². The van der Waals surface area contributed by atoms with Gasteiger partial charge < -0.3 is 15.0 Å². The third-order valence-electron chi connectivity index (χ3n) is 3.55. The van der Waals surface area contributed by atoms with E-state index >= 15 is 0 Å². The number of para-hydroxylation sites is 1. The van der Waals surface area contributed by atoms with Crippen LogP contribution in [0, 0.1) is 12.7 Å². The van der Waals surface area contributed by atoms with Crippen molar-refractivity contribution in [2.75, 3.05) is 20.3 Å². The Labute approximate surface area is 123 Å². The van der Waals surface area contributed by atoms with Gasteiger partial charge in [0.1, 0.15) is 5.82 Å². The summed E-state index contributed by atoms with van der Waals surface area (Å²) in [6, 6.07) is 5.05. The van der Waals surface area contributed by atoms with Gasteiger partial charge in [0.25, 0.3) is 0 Å². The molecule has 0 aliphatic rings. The minimum absolute atomic E-state index is 0.0238. The van der Waals surface area contributed by atoms with E-state index < -0.39 is 0 Å². The number of aryl methyl sites for hydroxylation is 1. The number of hydrogen-bond acceptors (Lipinski definition) is 2. The van der Waals surface area contributed by atoms with Crippen molar-refractivity contribution in [3.05, 3.63) is 35.3 Å². The first kappa shape index (κ1) is 15.5. The van der Waals surface area contributed by atoms with Crippen LogP contribution in [0.4, 0.5) is 4.39 Å². The van der Waals surface area contributed by atoms with E-state index in [0.29, 0.717) is 31.5 Å². The van der Waals surface area contributed by atoms with Crippen LogP contribution < -0.4 is 5.32 Å². The van der Waals surface area contributed by atoms with E-state index in [1.54, 1.807) is 13.2 Å². The Kier molecular flexibility index (Phi) is 5.33. The Bertz CT molecular complexity index is 622. The summed E-state index contributed by atoms with van der Waals surface area (Å²) in [7, 11) is 1.62. The number of halogens is 1. The average Bonchev–Trinajstić information content (AvgIpc) is 2.77. The highest BCUT2D eigenvalue weighted by atomic mass is 19.1. The largest absolute Gasteiger partial charge is 0.385 e. The number of aromatic nitrogens is 1. The zero-order valence-corrected chi connectivity index (χ0v) is 12.5. The Morgan fingerprint density at radius 3 is 3.00 bits per heavy atom. The van der Waals surface area contributed by atoms with E-state index in [4.69, 9.17) is 4.74 Å². The van der Waals surface area contributed by atoms with Gasteiger partial charge in [-0.25, -0.2) is 4.39 Å². The molecule has 0 fully saturated rings. The summed E-state index contributed by atoms with van der Waals surface area (Å²) in [6.07, 6.45) is 1.88. The van der Waals surface area contributed by atoms with Crippen LogP contribution >= 0.6 is 0 Å². The molecule has 0 radical (unpaired) electrons. The van der Waals surface area contributed by atoms with Gasteiger partial charge >= 0.3 is 0 Å². The molecule has 2 rings (SSSR count). The van der Waals surface area contributed by atoms with Gasteiger partial charge in [-0.2, -0.15) is 0 Å². The molecule has 21 heavy (non-hydrogen) atoms. The fraction of sp³-hybridized carbons (Fsp3) is 0.438. The number of methoxy groups -OCH3 is 1. The van der Waals surface area contributed by atoms with Gasteiger partial charge in [-0.1, -0.05) is 12.1 Å². The van der Waals surface area contributed by atoms with Gasteiger partial charge in [0.05, 0.1) is 5.52 Å². The molecular weight excluding hydrogens is 271 g/mol. The maximum atomic E-state index is 13.7. The summed E-state index contributed by atoms with van der Waals surface area (Å²) in [6.45, 7) is 3.07. The minimum Gasteiger partial charge on any atom is -0.385 e. The zero-order valence-electron chi connectivity index (χ0n) is 12.5. The standard InChI is InChI=1S/C16H21FN2O2/c1-11-12(8-9-18-15(20)7-4-10-21-2)13-5-3-6-14(17)16(13)19-11/h3,5-6,19H,4,7-10H2,1-2H3,(H,18,20). The normalized spacial score (nSPS) is 11.0. The second-order valence-corrected chi connectivity index (χ2v) is 5.09. The Balaban J connectivity index is 1.93. The van der Waals surface area contributed by atoms with Gasteiger partial charge in [0.15, 0.2) is 0 Å². The molecule has 0 aliphatic heterocycles. The van der Waals surface area contributed by atoms with Gasteiger partial charge in [0, 0.05) is 37.8 Å². The summed E-state index contributed by atoms with van der Waals surface area (Å²) >= 11 is 0. The number of nitrogens with one attached hydrogen (secondary N) is 2. The van der Waals surface area contributed by atoms with Crippen molar-refractivity contribution in [3.63, 3.8) is 0 Å². The number of benzene rings is 1. The van der Waals surface area contributed by atoms with E-state index in [2.05, 4.69) is 10.3 Å². The number of fused-ring (bicyclic) bond motifs is 1. The highest BCUT2D eigenvalue weighted by Crippen LogP contribution is 2.24. The fourth-order valence-electron chi connectivity index (χ4n) is 2.48. The van der Waals surface area contributed by atoms with Crippen molar-refractivity contribution in [3.8, 4) is 0 Å². The van der Waals surface area contributed by atoms with Crippen LogP contribution in [-0.4, -0.2) is 31.2 Å². The number of H-pyrrole nitrogens is 1. The SMILES string of the molecule is COCCCC(=O)NCCc1c(C)[nH]c2c(F)cccc12. The predicted octanol–water partition coefficient (Wildman–Crippen LogP) is 2.70. The summed E-state index contributed by atoms with van der Waals surface area (Å²) in [4.78, 5) is 14.7. The number of hydrogen-bond donors (Lipinski definition) is 2. The molecule has 0 bridgehead atoms. The molecule has 0 spiro atoms. The molecule has 5 heteroatoms. The maximum absolute atomic E-state index is 13.7. The number of rotatable bonds is 7. The topological polar surface area (TPSA) is 54.1 Å². The maximum Gasteiger partial charge on any atom is 0.220 e. The molecule has 0 unspecified atom stereocenters. The number of ether oxygens (including phenoxy) is 1. The van der Waals surface area contributed by atoms with Crippen LogP contribution in [0.15, 0.2) is 18.2 Å². The molecular formula is C16H21FN2O2. The van der Waals surface area contributed by atoms with E-state index in [9.17, 15) is 9.18 Å². The second-order valence-electron chi connectivity index (χ2n) is 5.09. The Morgan fingerprint density at radius 2 is 2.24 bits per heavy atom. The van der Waals surface area contributed by atoms with E-state index in [0.717, 1.165) is 23.1 Å². The van der Waals surface area contributed by atoms with Gasteiger partial charge in [-0.05, 0) is 31.4 Å². The molecule has 114 valence electrons. The third-order valence-corrected chi connectivity index (χ3v) is 3.55. The van der Waals surface area contributed by atoms with Gasteiger partial charge in [-0.3, -0.25) is 4.79 Å². The van der Waals surface area contributed by atoms with Crippen LogP contribution in [0.3, 0.4) is 0 Å². The van der Waals surface area contributed by atoms with Crippen molar-refractivity contribution in [1.29, 1.82) is 0 Å². The molecule has 0 atom stereocenters. The molecule has 0 saturated carbocycles. The average molecular weight is 292 g/mol. The fourth-order valence-corrected chi connectivity index (χ4v) is 2.48. The van der Waals surface area contributed by atoms with Crippen molar-refractivity contribution in [1.82, 2.24) is 10.3 Å². The lowest BCUT2D eigenvalue weighted by Crippen LogP contribution is -2.25. The first-order valence-corrected chi connectivity index (χ1v) is 7.14. The van der Waals surface area contributed by atoms with Crippen LogP contribution in [0.25, 0.3) is 10.9 Å². The van der Waals surface area contributed by atoms with Gasteiger partial charge in [-0.15, -0.1) is 0 Å². The molecule has 0 aliphatic carbocycles. The quantitative estimate of drug-likeness (QED) is 0.771. The molecule has 2 N–H and O–H groups in total. The molecule has 1 aromatic carbocycles. The van der Waals surface area contributed by atoms with Crippen LogP contribution in [-0.2, 0) is 16.0 Å². The molecule has 2 aromatic rings. The lowest BCUT2D eigenvalue weighted by molar-refractivity contribution is -0.121. The number of carbonyl (C=O) groups is 1. The summed E-state index contributed by atoms with van der Waals surface area (Å²) < 4.78 is 18.6.